The average molecular weight is 443 g/mol. The van der Waals surface area contributed by atoms with E-state index in [2.05, 4.69) is 0 Å². The van der Waals surface area contributed by atoms with Crippen LogP contribution in [0.2, 0.25) is 0 Å². The number of ether oxygens (including phenoxy) is 3. The van der Waals surface area contributed by atoms with Gasteiger partial charge in [-0.3, -0.25) is 0 Å². The molecule has 3 rings (SSSR count). The molecule has 7 heteroatoms. The highest BCUT2D eigenvalue weighted by Gasteiger charge is 2.43. The van der Waals surface area contributed by atoms with E-state index in [-0.39, 0.29) is 22.6 Å². The van der Waals surface area contributed by atoms with Crippen LogP contribution in [-0.4, -0.2) is 24.5 Å². The van der Waals surface area contributed by atoms with Gasteiger partial charge in [0.25, 0.3) is 6.36 Å². The van der Waals surface area contributed by atoms with Gasteiger partial charge in [-0.15, -0.1) is 0 Å². The van der Waals surface area contributed by atoms with E-state index in [1.165, 1.54) is 24.3 Å². The Bertz CT molecular complexity index is 967. The standard InChI is InChI=1S/C25H27F2NO4/c1-2-3-15-30-25(13-7-4-8-14-25)24(27)32-22-10-6-5-9-20(22)23(29)31-19-12-11-18(17-28)21(26)16-19/h5-6,9-12,16,24H,2-4,7-8,13-15H2,1H3. The van der Waals surface area contributed by atoms with Gasteiger partial charge in [-0.2, -0.15) is 9.65 Å². The molecule has 0 aliphatic heterocycles. The molecule has 170 valence electrons. The van der Waals surface area contributed by atoms with Crippen molar-refractivity contribution in [3.05, 3.63) is 59.4 Å². The van der Waals surface area contributed by atoms with Gasteiger partial charge in [0, 0.05) is 12.7 Å². The smallest absolute Gasteiger partial charge is 0.347 e. The molecule has 1 atom stereocenters. The highest BCUT2D eigenvalue weighted by atomic mass is 19.1. The molecule has 0 N–H and O–H groups in total. The van der Waals surface area contributed by atoms with E-state index in [1.54, 1.807) is 18.2 Å². The number of nitrogens with zero attached hydrogens (tertiary/aromatic N) is 1. The zero-order valence-corrected chi connectivity index (χ0v) is 18.1. The van der Waals surface area contributed by atoms with Crippen molar-refractivity contribution in [2.24, 2.45) is 0 Å². The lowest BCUT2D eigenvalue weighted by atomic mass is 9.84. The number of halogens is 2. The summed E-state index contributed by atoms with van der Waals surface area (Å²) in [7, 11) is 0. The van der Waals surface area contributed by atoms with E-state index in [0.29, 0.717) is 19.4 Å². The minimum atomic E-state index is -1.75. The summed E-state index contributed by atoms with van der Waals surface area (Å²) >= 11 is 0. The first-order chi connectivity index (χ1) is 15.5. The van der Waals surface area contributed by atoms with Gasteiger partial charge in [-0.05, 0) is 43.5 Å². The summed E-state index contributed by atoms with van der Waals surface area (Å²) in [5.41, 5.74) is -1.19. The van der Waals surface area contributed by atoms with Gasteiger partial charge in [0.05, 0.1) is 5.56 Å². The van der Waals surface area contributed by atoms with Crippen LogP contribution in [0.1, 0.15) is 67.8 Å². The Balaban J connectivity index is 1.77. The predicted octanol–water partition coefficient (Wildman–Crippen LogP) is 6.11. The number of unbranched alkanes of at least 4 members (excludes halogenated alkanes) is 1. The fourth-order valence-electron chi connectivity index (χ4n) is 3.78. The summed E-state index contributed by atoms with van der Waals surface area (Å²) in [6, 6.07) is 11.4. The van der Waals surface area contributed by atoms with E-state index < -0.39 is 23.7 Å². The van der Waals surface area contributed by atoms with E-state index in [4.69, 9.17) is 19.5 Å². The summed E-state index contributed by atoms with van der Waals surface area (Å²) in [5, 5.41) is 8.83. The van der Waals surface area contributed by atoms with E-state index >= 15 is 4.39 Å². The third-order valence-corrected chi connectivity index (χ3v) is 5.61. The molecule has 1 unspecified atom stereocenters. The number of carbonyl (C=O) groups excluding carboxylic acids is 1. The highest BCUT2D eigenvalue weighted by molar-refractivity contribution is 5.94. The molecule has 0 radical (unpaired) electrons. The number of nitriles is 1. The second kappa shape index (κ2) is 11.1. The molecule has 32 heavy (non-hydrogen) atoms. The Morgan fingerprint density at radius 2 is 1.94 bits per heavy atom. The van der Waals surface area contributed by atoms with E-state index in [0.717, 1.165) is 38.2 Å². The molecule has 0 aromatic heterocycles. The average Bonchev–Trinajstić information content (AvgIpc) is 2.80. The molecule has 1 aliphatic carbocycles. The SMILES string of the molecule is CCCCOC1(C(F)Oc2ccccc2C(=O)Oc2ccc(C#N)c(F)c2)CCCCC1. The summed E-state index contributed by atoms with van der Waals surface area (Å²) in [6.45, 7) is 2.50. The van der Waals surface area contributed by atoms with Crippen molar-refractivity contribution in [1.82, 2.24) is 0 Å². The van der Waals surface area contributed by atoms with Crippen LogP contribution in [0.3, 0.4) is 0 Å². The molecule has 2 aromatic rings. The van der Waals surface area contributed by atoms with Crippen LogP contribution in [0, 0.1) is 17.1 Å². The molecule has 1 aliphatic rings. The summed E-state index contributed by atoms with van der Waals surface area (Å²) in [4.78, 5) is 12.7. The van der Waals surface area contributed by atoms with Gasteiger partial charge in [0.2, 0.25) is 0 Å². The van der Waals surface area contributed by atoms with Crippen molar-refractivity contribution in [3.63, 3.8) is 0 Å². The van der Waals surface area contributed by atoms with E-state index in [1.807, 2.05) is 6.92 Å². The predicted molar refractivity (Wildman–Crippen MR) is 115 cm³/mol. The second-order valence-electron chi connectivity index (χ2n) is 7.90. The Hall–Kier alpha value is -2.98. The fourth-order valence-corrected chi connectivity index (χ4v) is 3.78. The number of alkyl halides is 1. The van der Waals surface area contributed by atoms with Crippen LogP contribution in [0.15, 0.2) is 42.5 Å². The van der Waals surface area contributed by atoms with Gasteiger partial charge in [0.1, 0.15) is 34.5 Å². The maximum absolute atomic E-state index is 15.5. The number of benzene rings is 2. The monoisotopic (exact) mass is 443 g/mol. The molecular weight excluding hydrogens is 416 g/mol. The Kier molecular flexibility index (Phi) is 8.18. The Morgan fingerprint density at radius 3 is 2.62 bits per heavy atom. The molecule has 0 bridgehead atoms. The van der Waals surface area contributed by atoms with Crippen molar-refractivity contribution >= 4 is 5.97 Å². The molecule has 5 nitrogen and oxygen atoms in total. The fraction of sp³-hybridized carbons (Fsp3) is 0.440. The minimum absolute atomic E-state index is 0.0134. The molecule has 1 saturated carbocycles. The van der Waals surface area contributed by atoms with Crippen LogP contribution in [0.25, 0.3) is 0 Å². The quantitative estimate of drug-likeness (QED) is 0.266. The minimum Gasteiger partial charge on any atom is -0.456 e. The molecule has 0 spiro atoms. The first-order valence-corrected chi connectivity index (χ1v) is 10.9. The Labute approximate surface area is 186 Å². The Morgan fingerprint density at radius 1 is 1.19 bits per heavy atom. The first kappa shape index (κ1) is 23.7. The zero-order chi connectivity index (χ0) is 23.0. The summed E-state index contributed by atoms with van der Waals surface area (Å²) in [5.74, 6) is -1.65. The van der Waals surface area contributed by atoms with Gasteiger partial charge < -0.3 is 14.2 Å². The maximum Gasteiger partial charge on any atom is 0.347 e. The van der Waals surface area contributed by atoms with E-state index in [9.17, 15) is 9.18 Å². The second-order valence-corrected chi connectivity index (χ2v) is 7.90. The van der Waals surface area contributed by atoms with Crippen LogP contribution in [0.5, 0.6) is 11.5 Å². The molecule has 0 heterocycles. The third-order valence-electron chi connectivity index (χ3n) is 5.61. The third kappa shape index (κ3) is 5.63. The summed E-state index contributed by atoms with van der Waals surface area (Å²) < 4.78 is 46.2. The van der Waals surface area contributed by atoms with Gasteiger partial charge in [-0.1, -0.05) is 44.7 Å². The number of esters is 1. The summed E-state index contributed by atoms with van der Waals surface area (Å²) in [6.07, 6.45) is 3.85. The zero-order valence-electron chi connectivity index (χ0n) is 18.1. The molecule has 0 amide bonds. The van der Waals surface area contributed by atoms with Crippen molar-refractivity contribution in [2.45, 2.75) is 63.8 Å². The van der Waals surface area contributed by atoms with Crippen molar-refractivity contribution in [3.8, 4) is 17.6 Å². The van der Waals surface area contributed by atoms with Gasteiger partial charge >= 0.3 is 5.97 Å². The maximum atomic E-state index is 15.5. The molecule has 2 aromatic carbocycles. The van der Waals surface area contributed by atoms with Crippen LogP contribution in [-0.2, 0) is 4.74 Å². The van der Waals surface area contributed by atoms with Crippen molar-refractivity contribution in [1.29, 1.82) is 5.26 Å². The number of rotatable bonds is 9. The van der Waals surface area contributed by atoms with Crippen molar-refractivity contribution in [2.75, 3.05) is 6.61 Å². The van der Waals surface area contributed by atoms with Crippen LogP contribution in [0.4, 0.5) is 8.78 Å². The number of para-hydroxylation sites is 1. The van der Waals surface area contributed by atoms with Crippen LogP contribution >= 0.6 is 0 Å². The van der Waals surface area contributed by atoms with Gasteiger partial charge in [-0.25, -0.2) is 9.18 Å². The number of carbonyl (C=O) groups is 1. The normalized spacial score (nSPS) is 16.1. The lowest BCUT2D eigenvalue weighted by molar-refractivity contribution is -0.178. The van der Waals surface area contributed by atoms with Crippen LogP contribution < -0.4 is 9.47 Å². The number of hydrogen-bond acceptors (Lipinski definition) is 5. The lowest BCUT2D eigenvalue weighted by Crippen LogP contribution is -2.47. The largest absolute Gasteiger partial charge is 0.456 e. The van der Waals surface area contributed by atoms with Gasteiger partial charge in [0.15, 0.2) is 0 Å². The molecule has 1 fully saturated rings. The highest BCUT2D eigenvalue weighted by Crippen LogP contribution is 2.38. The van der Waals surface area contributed by atoms with Crippen molar-refractivity contribution < 1.29 is 27.8 Å². The molecular formula is C25H27F2NO4. The molecule has 0 saturated heterocycles. The number of hydrogen-bond donors (Lipinski definition) is 0. The topological polar surface area (TPSA) is 68.6 Å². The first-order valence-electron chi connectivity index (χ1n) is 10.9. The lowest BCUT2D eigenvalue weighted by Gasteiger charge is -2.39.